The zero-order chi connectivity index (χ0) is 18.7. The smallest absolute Gasteiger partial charge is 0.308 e. The third-order valence-corrected chi connectivity index (χ3v) is 5.47. The van der Waals surface area contributed by atoms with Gasteiger partial charge in [0.1, 0.15) is 5.01 Å². The van der Waals surface area contributed by atoms with E-state index in [0.717, 1.165) is 26.6 Å². The Balaban J connectivity index is 1.94. The first-order valence-corrected chi connectivity index (χ1v) is 9.41. The Labute approximate surface area is 165 Å². The predicted octanol–water partition coefficient (Wildman–Crippen LogP) is 6.22. The summed E-state index contributed by atoms with van der Waals surface area (Å²) in [6.07, 6.45) is 3.68. The molecule has 0 bridgehead atoms. The van der Waals surface area contributed by atoms with Gasteiger partial charge in [0.15, 0.2) is 0 Å². The molecule has 2 aromatic carbocycles. The lowest BCUT2D eigenvalue weighted by Gasteiger charge is -2.01. The van der Waals surface area contributed by atoms with Gasteiger partial charge in [-0.3, -0.25) is 4.79 Å². The summed E-state index contributed by atoms with van der Waals surface area (Å²) < 4.78 is 0. The fourth-order valence-corrected chi connectivity index (χ4v) is 3.71. The molecule has 1 aromatic heterocycles. The third-order valence-electron chi connectivity index (χ3n) is 3.71. The topological polar surface area (TPSA) is 50.2 Å². The number of rotatable bonds is 5. The van der Waals surface area contributed by atoms with Crippen LogP contribution in [0.15, 0.2) is 42.5 Å². The summed E-state index contributed by atoms with van der Waals surface area (Å²) in [5.41, 5.74) is 3.67. The molecule has 26 heavy (non-hydrogen) atoms. The van der Waals surface area contributed by atoms with E-state index in [1.807, 2.05) is 49.4 Å². The molecule has 1 N–H and O–H groups in total. The van der Waals surface area contributed by atoms with Gasteiger partial charge in [-0.2, -0.15) is 0 Å². The minimum Gasteiger partial charge on any atom is -0.481 e. The number of benzene rings is 2. The van der Waals surface area contributed by atoms with Crippen molar-refractivity contribution in [2.45, 2.75) is 13.3 Å². The van der Waals surface area contributed by atoms with E-state index in [4.69, 9.17) is 23.2 Å². The van der Waals surface area contributed by atoms with Gasteiger partial charge in [0.2, 0.25) is 0 Å². The molecule has 6 heteroatoms. The number of aliphatic carboxylic acids is 1. The van der Waals surface area contributed by atoms with E-state index in [1.165, 1.54) is 11.3 Å². The first kappa shape index (κ1) is 18.6. The summed E-state index contributed by atoms with van der Waals surface area (Å²) in [4.78, 5) is 16.6. The molecule has 3 rings (SSSR count). The molecule has 0 unspecified atom stereocenters. The van der Waals surface area contributed by atoms with Crippen LogP contribution in [-0.4, -0.2) is 16.1 Å². The van der Waals surface area contributed by atoms with Gasteiger partial charge in [-0.1, -0.05) is 65.2 Å². The SMILES string of the molecule is Cc1ccc(-c2nc(/C=C/c3ccc(Cl)c(Cl)c3)sc2CC(=O)O)cc1. The fraction of sp³-hybridized carbons (Fsp3) is 0.100. The molecule has 0 fully saturated rings. The van der Waals surface area contributed by atoms with Gasteiger partial charge in [-0.05, 0) is 30.7 Å². The van der Waals surface area contributed by atoms with Crippen LogP contribution in [0.3, 0.4) is 0 Å². The fourth-order valence-electron chi connectivity index (χ4n) is 2.42. The minimum absolute atomic E-state index is 0.0541. The lowest BCUT2D eigenvalue weighted by Crippen LogP contribution is -1.99. The van der Waals surface area contributed by atoms with Gasteiger partial charge in [-0.15, -0.1) is 11.3 Å². The quantitative estimate of drug-likeness (QED) is 0.549. The Bertz CT molecular complexity index is 978. The standard InChI is InChI=1S/C20H15Cl2NO2S/c1-12-2-6-14(7-3-12)20-17(11-19(24)25)26-18(23-20)9-5-13-4-8-15(21)16(22)10-13/h2-10H,11H2,1H3,(H,24,25)/b9-5+. The second-order valence-electron chi connectivity index (χ2n) is 5.77. The zero-order valence-electron chi connectivity index (χ0n) is 13.9. The summed E-state index contributed by atoms with van der Waals surface area (Å²) in [7, 11) is 0. The normalized spacial score (nSPS) is 11.2. The summed E-state index contributed by atoms with van der Waals surface area (Å²) >= 11 is 13.3. The zero-order valence-corrected chi connectivity index (χ0v) is 16.2. The molecule has 0 spiro atoms. The van der Waals surface area contributed by atoms with Crippen LogP contribution in [0, 0.1) is 6.92 Å². The van der Waals surface area contributed by atoms with Crippen LogP contribution in [0.25, 0.3) is 23.4 Å². The van der Waals surface area contributed by atoms with Crippen LogP contribution in [0.1, 0.15) is 21.0 Å². The second-order valence-corrected chi connectivity index (χ2v) is 7.70. The number of aromatic nitrogens is 1. The molecule has 3 nitrogen and oxygen atoms in total. The summed E-state index contributed by atoms with van der Waals surface area (Å²) in [6, 6.07) is 13.3. The maximum Gasteiger partial charge on any atom is 0.308 e. The first-order valence-electron chi connectivity index (χ1n) is 7.84. The monoisotopic (exact) mass is 403 g/mol. The van der Waals surface area contributed by atoms with Gasteiger partial charge in [0.05, 0.1) is 22.2 Å². The molecular formula is C20H15Cl2NO2S. The van der Waals surface area contributed by atoms with E-state index in [2.05, 4.69) is 4.98 Å². The number of aryl methyl sites for hydroxylation is 1. The molecule has 0 saturated heterocycles. The highest BCUT2D eigenvalue weighted by Crippen LogP contribution is 2.30. The van der Waals surface area contributed by atoms with Crippen molar-refractivity contribution >= 4 is 52.7 Å². The number of halogens is 2. The van der Waals surface area contributed by atoms with Crippen molar-refractivity contribution in [1.29, 1.82) is 0 Å². The molecule has 0 saturated carbocycles. The highest BCUT2D eigenvalue weighted by molar-refractivity contribution is 7.13. The molecule has 3 aromatic rings. The van der Waals surface area contributed by atoms with Crippen LogP contribution in [0.4, 0.5) is 0 Å². The Hall–Kier alpha value is -2.14. The van der Waals surface area contributed by atoms with E-state index in [0.29, 0.717) is 15.7 Å². The molecule has 0 aliphatic rings. The van der Waals surface area contributed by atoms with E-state index >= 15 is 0 Å². The molecule has 0 atom stereocenters. The average Bonchev–Trinajstić information content (AvgIpc) is 2.99. The summed E-state index contributed by atoms with van der Waals surface area (Å²) in [5.74, 6) is -0.873. The van der Waals surface area contributed by atoms with E-state index in [-0.39, 0.29) is 6.42 Å². The third kappa shape index (κ3) is 4.52. The molecular weight excluding hydrogens is 389 g/mol. The molecule has 0 aliphatic heterocycles. The molecule has 132 valence electrons. The highest BCUT2D eigenvalue weighted by Gasteiger charge is 2.14. The highest BCUT2D eigenvalue weighted by atomic mass is 35.5. The minimum atomic E-state index is -0.873. The molecule has 1 heterocycles. The van der Waals surface area contributed by atoms with Crippen molar-refractivity contribution in [3.63, 3.8) is 0 Å². The van der Waals surface area contributed by atoms with Crippen molar-refractivity contribution in [2.75, 3.05) is 0 Å². The van der Waals surface area contributed by atoms with Crippen LogP contribution in [0.5, 0.6) is 0 Å². The van der Waals surface area contributed by atoms with Crippen molar-refractivity contribution in [3.05, 3.63) is 73.5 Å². The van der Waals surface area contributed by atoms with Crippen LogP contribution < -0.4 is 0 Å². The number of carboxylic acid groups (broad SMARTS) is 1. The van der Waals surface area contributed by atoms with Crippen LogP contribution in [-0.2, 0) is 11.2 Å². The lowest BCUT2D eigenvalue weighted by atomic mass is 10.1. The van der Waals surface area contributed by atoms with Crippen LogP contribution >= 0.6 is 34.5 Å². The van der Waals surface area contributed by atoms with Crippen molar-refractivity contribution in [2.24, 2.45) is 0 Å². The van der Waals surface area contributed by atoms with Crippen LogP contribution in [0.2, 0.25) is 10.0 Å². The predicted molar refractivity (Wildman–Crippen MR) is 109 cm³/mol. The summed E-state index contributed by atoms with van der Waals surface area (Å²) in [6.45, 7) is 2.01. The van der Waals surface area contributed by atoms with Crippen molar-refractivity contribution < 1.29 is 9.90 Å². The van der Waals surface area contributed by atoms with Gasteiger partial charge < -0.3 is 5.11 Å². The Morgan fingerprint density at radius 1 is 1.12 bits per heavy atom. The van der Waals surface area contributed by atoms with Gasteiger partial charge in [-0.25, -0.2) is 4.98 Å². The van der Waals surface area contributed by atoms with E-state index in [9.17, 15) is 9.90 Å². The Morgan fingerprint density at radius 2 is 1.85 bits per heavy atom. The van der Waals surface area contributed by atoms with E-state index in [1.54, 1.807) is 12.1 Å². The number of hydrogen-bond donors (Lipinski definition) is 1. The molecule has 0 aliphatic carbocycles. The van der Waals surface area contributed by atoms with Gasteiger partial charge in [0, 0.05) is 10.4 Å². The summed E-state index contributed by atoms with van der Waals surface area (Å²) in [5, 5.41) is 10.9. The van der Waals surface area contributed by atoms with E-state index < -0.39 is 5.97 Å². The Kier molecular flexibility index (Phi) is 5.77. The lowest BCUT2D eigenvalue weighted by molar-refractivity contribution is -0.136. The van der Waals surface area contributed by atoms with Gasteiger partial charge >= 0.3 is 5.97 Å². The largest absolute Gasteiger partial charge is 0.481 e. The maximum absolute atomic E-state index is 11.2. The number of carbonyl (C=O) groups is 1. The second kappa shape index (κ2) is 8.04. The molecule has 0 amide bonds. The average molecular weight is 404 g/mol. The number of carboxylic acids is 1. The first-order chi connectivity index (χ1) is 12.4. The Morgan fingerprint density at radius 3 is 2.50 bits per heavy atom. The number of nitrogens with zero attached hydrogens (tertiary/aromatic N) is 1. The van der Waals surface area contributed by atoms with Crippen molar-refractivity contribution in [3.8, 4) is 11.3 Å². The number of hydrogen-bond acceptors (Lipinski definition) is 3. The van der Waals surface area contributed by atoms with Crippen molar-refractivity contribution in [1.82, 2.24) is 4.98 Å². The number of thiazole rings is 1. The maximum atomic E-state index is 11.2. The van der Waals surface area contributed by atoms with Gasteiger partial charge in [0.25, 0.3) is 0 Å². The molecule has 0 radical (unpaired) electrons.